The van der Waals surface area contributed by atoms with E-state index in [2.05, 4.69) is 0 Å². The number of aryl methyl sites for hydroxylation is 1. The summed E-state index contributed by atoms with van der Waals surface area (Å²) in [6.45, 7) is 3.10. The maximum absolute atomic E-state index is 10.8. The lowest BCUT2D eigenvalue weighted by atomic mass is 10.0. The molecule has 1 aromatic carbocycles. The van der Waals surface area contributed by atoms with Crippen molar-refractivity contribution in [3.05, 3.63) is 29.3 Å². The van der Waals surface area contributed by atoms with E-state index in [0.717, 1.165) is 5.56 Å². The van der Waals surface area contributed by atoms with Gasteiger partial charge in [-0.2, -0.15) is 0 Å². The van der Waals surface area contributed by atoms with Gasteiger partial charge in [0.15, 0.2) is 5.78 Å². The van der Waals surface area contributed by atoms with Gasteiger partial charge in [0.2, 0.25) is 0 Å². The van der Waals surface area contributed by atoms with Crippen LogP contribution in [0, 0.1) is 6.92 Å². The molecule has 2 N–H and O–H groups in total. The number of aliphatic hydroxyl groups is 1. The SMILES string of the molecule is CC(=O)C(O)c1ccc(C)cc1O. The zero-order valence-corrected chi connectivity index (χ0v) is 7.61. The lowest BCUT2D eigenvalue weighted by molar-refractivity contribution is -0.125. The summed E-state index contributed by atoms with van der Waals surface area (Å²) in [5.74, 6) is -0.415. The first kappa shape index (κ1) is 9.74. The second-order valence-electron chi connectivity index (χ2n) is 3.08. The fourth-order valence-corrected chi connectivity index (χ4v) is 1.10. The quantitative estimate of drug-likeness (QED) is 0.721. The van der Waals surface area contributed by atoms with Crippen molar-refractivity contribution in [2.45, 2.75) is 20.0 Å². The number of hydrogen-bond acceptors (Lipinski definition) is 3. The normalized spacial score (nSPS) is 12.5. The smallest absolute Gasteiger partial charge is 0.162 e. The molecule has 0 radical (unpaired) electrons. The van der Waals surface area contributed by atoms with Crippen LogP contribution in [0.25, 0.3) is 0 Å². The molecule has 0 aromatic heterocycles. The van der Waals surface area contributed by atoms with Crippen LogP contribution in [0.2, 0.25) is 0 Å². The van der Waals surface area contributed by atoms with E-state index in [1.807, 2.05) is 6.92 Å². The fourth-order valence-electron chi connectivity index (χ4n) is 1.10. The maximum Gasteiger partial charge on any atom is 0.162 e. The van der Waals surface area contributed by atoms with Gasteiger partial charge in [-0.1, -0.05) is 12.1 Å². The minimum Gasteiger partial charge on any atom is -0.508 e. The molecule has 0 aliphatic carbocycles. The Morgan fingerprint density at radius 2 is 2.08 bits per heavy atom. The van der Waals surface area contributed by atoms with Gasteiger partial charge < -0.3 is 10.2 Å². The summed E-state index contributed by atoms with van der Waals surface area (Å²) in [7, 11) is 0. The second-order valence-corrected chi connectivity index (χ2v) is 3.08. The predicted octanol–water partition coefficient (Wildman–Crippen LogP) is 1.32. The number of carbonyl (C=O) groups is 1. The molecular formula is C10H12O3. The Morgan fingerprint density at radius 3 is 2.54 bits per heavy atom. The Bertz CT molecular complexity index is 331. The first-order valence-corrected chi connectivity index (χ1v) is 4.00. The van der Waals surface area contributed by atoms with Crippen LogP contribution in [0.15, 0.2) is 18.2 Å². The van der Waals surface area contributed by atoms with Crippen molar-refractivity contribution in [1.29, 1.82) is 0 Å². The lowest BCUT2D eigenvalue weighted by Crippen LogP contribution is -2.07. The molecule has 0 bridgehead atoms. The summed E-state index contributed by atoms with van der Waals surface area (Å²) in [6, 6.07) is 4.80. The fraction of sp³-hybridized carbons (Fsp3) is 0.300. The highest BCUT2D eigenvalue weighted by atomic mass is 16.3. The minimum atomic E-state index is -1.22. The van der Waals surface area contributed by atoms with E-state index >= 15 is 0 Å². The highest BCUT2D eigenvalue weighted by Gasteiger charge is 2.16. The Morgan fingerprint density at radius 1 is 1.46 bits per heavy atom. The first-order valence-electron chi connectivity index (χ1n) is 4.00. The van der Waals surface area contributed by atoms with Gasteiger partial charge in [-0.05, 0) is 25.5 Å². The van der Waals surface area contributed by atoms with Gasteiger partial charge in [-0.25, -0.2) is 0 Å². The van der Waals surface area contributed by atoms with Gasteiger partial charge in [0, 0.05) is 5.56 Å². The van der Waals surface area contributed by atoms with Gasteiger partial charge in [-0.15, -0.1) is 0 Å². The summed E-state index contributed by atoms with van der Waals surface area (Å²) >= 11 is 0. The lowest BCUT2D eigenvalue weighted by Gasteiger charge is -2.09. The molecule has 13 heavy (non-hydrogen) atoms. The van der Waals surface area contributed by atoms with Gasteiger partial charge >= 0.3 is 0 Å². The molecule has 0 aliphatic rings. The molecule has 0 saturated heterocycles. The number of rotatable bonds is 2. The largest absolute Gasteiger partial charge is 0.508 e. The number of phenolic OH excluding ortho intramolecular Hbond substituents is 1. The van der Waals surface area contributed by atoms with Crippen molar-refractivity contribution < 1.29 is 15.0 Å². The number of carbonyl (C=O) groups excluding carboxylic acids is 1. The van der Waals surface area contributed by atoms with Crippen LogP contribution in [-0.2, 0) is 4.79 Å². The molecule has 0 fully saturated rings. The third-order valence-electron chi connectivity index (χ3n) is 1.87. The van der Waals surface area contributed by atoms with Crippen molar-refractivity contribution in [1.82, 2.24) is 0 Å². The van der Waals surface area contributed by atoms with E-state index in [0.29, 0.717) is 0 Å². The van der Waals surface area contributed by atoms with Gasteiger partial charge in [0.25, 0.3) is 0 Å². The van der Waals surface area contributed by atoms with E-state index < -0.39 is 6.10 Å². The van der Waals surface area contributed by atoms with Crippen LogP contribution < -0.4 is 0 Å². The molecule has 3 heteroatoms. The summed E-state index contributed by atoms with van der Waals surface area (Å²) in [5.41, 5.74) is 1.15. The first-order chi connectivity index (χ1) is 6.02. The molecule has 1 unspecified atom stereocenters. The molecule has 1 aromatic rings. The number of ketones is 1. The Balaban J connectivity index is 3.08. The van der Waals surface area contributed by atoms with Gasteiger partial charge in [0.1, 0.15) is 11.9 Å². The maximum atomic E-state index is 10.8. The van der Waals surface area contributed by atoms with Crippen LogP contribution in [0.1, 0.15) is 24.2 Å². The summed E-state index contributed by atoms with van der Waals surface area (Å²) < 4.78 is 0. The number of hydrogen-bond donors (Lipinski definition) is 2. The Labute approximate surface area is 76.6 Å². The zero-order valence-electron chi connectivity index (χ0n) is 7.61. The monoisotopic (exact) mass is 180 g/mol. The number of aliphatic hydroxyl groups excluding tert-OH is 1. The molecule has 0 saturated carbocycles. The highest BCUT2D eigenvalue weighted by molar-refractivity contribution is 5.82. The van der Waals surface area contributed by atoms with Crippen molar-refractivity contribution in [3.8, 4) is 5.75 Å². The zero-order chi connectivity index (χ0) is 10.0. The van der Waals surface area contributed by atoms with Crippen LogP contribution in [0.4, 0.5) is 0 Å². The minimum absolute atomic E-state index is 0.0392. The number of aromatic hydroxyl groups is 1. The van der Waals surface area contributed by atoms with Gasteiger partial charge in [0.05, 0.1) is 0 Å². The summed E-state index contributed by atoms with van der Waals surface area (Å²) in [6.07, 6.45) is -1.22. The van der Waals surface area contributed by atoms with E-state index in [4.69, 9.17) is 0 Å². The average Bonchev–Trinajstić information content (AvgIpc) is 2.03. The Kier molecular flexibility index (Phi) is 2.68. The Hall–Kier alpha value is -1.35. The van der Waals surface area contributed by atoms with Crippen LogP contribution in [0.5, 0.6) is 5.75 Å². The van der Waals surface area contributed by atoms with Gasteiger partial charge in [-0.3, -0.25) is 4.79 Å². The van der Waals surface area contributed by atoms with Crippen LogP contribution in [-0.4, -0.2) is 16.0 Å². The molecule has 70 valence electrons. The topological polar surface area (TPSA) is 57.5 Å². The van der Waals surface area contributed by atoms with Crippen molar-refractivity contribution in [2.24, 2.45) is 0 Å². The predicted molar refractivity (Wildman–Crippen MR) is 48.5 cm³/mol. The second kappa shape index (κ2) is 3.58. The molecular weight excluding hydrogens is 168 g/mol. The van der Waals surface area contributed by atoms with Crippen molar-refractivity contribution in [2.75, 3.05) is 0 Å². The van der Waals surface area contributed by atoms with E-state index in [9.17, 15) is 15.0 Å². The van der Waals surface area contributed by atoms with E-state index in [1.165, 1.54) is 13.0 Å². The summed E-state index contributed by atoms with van der Waals surface area (Å²) in [4.78, 5) is 10.8. The number of benzene rings is 1. The summed E-state index contributed by atoms with van der Waals surface area (Å²) in [5, 5.41) is 18.8. The molecule has 1 atom stereocenters. The van der Waals surface area contributed by atoms with Crippen LogP contribution in [0.3, 0.4) is 0 Å². The molecule has 1 rings (SSSR count). The molecule has 0 aliphatic heterocycles. The third kappa shape index (κ3) is 2.06. The third-order valence-corrected chi connectivity index (χ3v) is 1.87. The number of phenols is 1. The molecule has 0 spiro atoms. The van der Waals surface area contributed by atoms with Crippen molar-refractivity contribution >= 4 is 5.78 Å². The average molecular weight is 180 g/mol. The molecule has 0 amide bonds. The highest BCUT2D eigenvalue weighted by Crippen LogP contribution is 2.25. The number of Topliss-reactive ketones (excluding diaryl/α,β-unsaturated/α-hetero) is 1. The molecule has 3 nitrogen and oxygen atoms in total. The standard InChI is InChI=1S/C10H12O3/c1-6-3-4-8(9(12)5-6)10(13)7(2)11/h3-5,10,12-13H,1-2H3. The van der Waals surface area contributed by atoms with E-state index in [1.54, 1.807) is 12.1 Å². The van der Waals surface area contributed by atoms with Crippen LogP contribution >= 0.6 is 0 Å². The molecule has 0 heterocycles. The van der Waals surface area contributed by atoms with Crippen molar-refractivity contribution in [3.63, 3.8) is 0 Å². The van der Waals surface area contributed by atoms with E-state index in [-0.39, 0.29) is 17.1 Å².